The molecule has 0 bridgehead atoms. The van der Waals surface area contributed by atoms with Crippen molar-refractivity contribution in [3.63, 3.8) is 0 Å². The predicted octanol–water partition coefficient (Wildman–Crippen LogP) is 4.64. The summed E-state index contributed by atoms with van der Waals surface area (Å²) in [6.45, 7) is 4.86. The number of hydrogen-bond donors (Lipinski definition) is 3. The lowest BCUT2D eigenvalue weighted by molar-refractivity contribution is 0.0937. The molecule has 5 nitrogen and oxygen atoms in total. The molecule has 32 heavy (non-hydrogen) atoms. The molecule has 0 aliphatic heterocycles. The van der Waals surface area contributed by atoms with Gasteiger partial charge >= 0.3 is 0 Å². The van der Waals surface area contributed by atoms with Crippen LogP contribution in [0.5, 0.6) is 5.75 Å². The third kappa shape index (κ3) is 6.16. The number of pyridine rings is 1. The molecule has 0 spiro atoms. The highest BCUT2D eigenvalue weighted by Crippen LogP contribution is 2.31. The molecule has 1 aromatic heterocycles. The Labute approximate surface area is 194 Å². The van der Waals surface area contributed by atoms with Gasteiger partial charge in [0.25, 0.3) is 5.91 Å². The minimum absolute atomic E-state index is 0.114. The Hall–Kier alpha value is -3.21. The van der Waals surface area contributed by atoms with E-state index in [2.05, 4.69) is 38.1 Å². The number of carbonyl (C=O) groups is 1. The fraction of sp³-hybridized carbons (Fsp3) is 0.200. The molecule has 2 aromatic carbocycles. The maximum absolute atomic E-state index is 14.0. The molecule has 0 aliphatic carbocycles. The van der Waals surface area contributed by atoms with Gasteiger partial charge in [-0.05, 0) is 68.8 Å². The summed E-state index contributed by atoms with van der Waals surface area (Å²) < 4.78 is 14.8. The number of halogens is 2. The number of aromatic hydroxyl groups is 1. The second kappa shape index (κ2) is 9.51. The van der Waals surface area contributed by atoms with Gasteiger partial charge in [0.15, 0.2) is 0 Å². The van der Waals surface area contributed by atoms with E-state index < -0.39 is 23.4 Å². The molecule has 1 atom stereocenters. The van der Waals surface area contributed by atoms with Gasteiger partial charge in [-0.1, -0.05) is 39.9 Å². The van der Waals surface area contributed by atoms with Crippen molar-refractivity contribution in [1.29, 1.82) is 0 Å². The van der Waals surface area contributed by atoms with Crippen molar-refractivity contribution in [2.24, 2.45) is 0 Å². The van der Waals surface area contributed by atoms with Gasteiger partial charge in [0.2, 0.25) is 0 Å². The van der Waals surface area contributed by atoms with E-state index in [1.165, 1.54) is 18.2 Å². The minimum atomic E-state index is -1.18. The fourth-order valence-corrected chi connectivity index (χ4v) is 3.30. The van der Waals surface area contributed by atoms with Crippen LogP contribution in [-0.2, 0) is 0 Å². The monoisotopic (exact) mass is 496 g/mol. The fourth-order valence-electron chi connectivity index (χ4n) is 3.04. The van der Waals surface area contributed by atoms with Gasteiger partial charge in [-0.3, -0.25) is 4.79 Å². The molecule has 0 aliphatic rings. The molecular weight excluding hydrogens is 475 g/mol. The summed E-state index contributed by atoms with van der Waals surface area (Å²) in [6.07, 6.45) is 0. The lowest BCUT2D eigenvalue weighted by Crippen LogP contribution is -2.30. The van der Waals surface area contributed by atoms with Crippen LogP contribution in [0.15, 0.2) is 59.1 Å². The average molecular weight is 497 g/mol. The first-order valence-corrected chi connectivity index (χ1v) is 10.6. The molecule has 164 valence electrons. The number of carbonyl (C=O) groups excluding carboxylic acids is 1. The van der Waals surface area contributed by atoms with Gasteiger partial charge in [-0.2, -0.15) is 0 Å². The zero-order valence-electron chi connectivity index (χ0n) is 17.8. The number of aryl methyl sites for hydroxylation is 1. The quantitative estimate of drug-likeness (QED) is 0.459. The molecule has 3 N–H and O–H groups in total. The van der Waals surface area contributed by atoms with E-state index in [1.54, 1.807) is 51.1 Å². The number of nitrogens with zero attached hydrogens (tertiary/aromatic N) is 1. The molecule has 0 fully saturated rings. The Balaban J connectivity index is 2.00. The second-order valence-corrected chi connectivity index (χ2v) is 8.77. The van der Waals surface area contributed by atoms with Gasteiger partial charge in [-0.15, -0.1) is 0 Å². The number of phenolic OH excluding ortho intramolecular Hbond substituents is 1. The number of phenols is 1. The van der Waals surface area contributed by atoms with Crippen LogP contribution >= 0.6 is 15.9 Å². The Morgan fingerprint density at radius 1 is 1.16 bits per heavy atom. The van der Waals surface area contributed by atoms with Crippen molar-refractivity contribution in [1.82, 2.24) is 10.3 Å². The third-order valence-corrected chi connectivity index (χ3v) is 5.01. The Kier molecular flexibility index (Phi) is 6.97. The highest BCUT2D eigenvalue weighted by Gasteiger charge is 2.22. The second-order valence-electron chi connectivity index (χ2n) is 7.85. The number of aliphatic hydroxyl groups is 1. The third-order valence-electron chi connectivity index (χ3n) is 4.48. The minimum Gasteiger partial charge on any atom is -0.508 e. The zero-order chi connectivity index (χ0) is 23.5. The van der Waals surface area contributed by atoms with E-state index in [4.69, 9.17) is 0 Å². The molecular formula is C25H22BrFN2O3. The van der Waals surface area contributed by atoms with Crippen molar-refractivity contribution in [2.75, 3.05) is 0 Å². The summed E-state index contributed by atoms with van der Waals surface area (Å²) in [5.74, 6) is 4.36. The van der Waals surface area contributed by atoms with Crippen LogP contribution in [0.4, 0.5) is 4.39 Å². The molecule has 0 saturated heterocycles. The molecule has 0 saturated carbocycles. The smallest absolute Gasteiger partial charge is 0.270 e. The summed E-state index contributed by atoms with van der Waals surface area (Å²) in [5, 5.41) is 23.0. The van der Waals surface area contributed by atoms with Crippen LogP contribution in [0.1, 0.15) is 52.8 Å². The number of aromatic nitrogens is 1. The molecule has 1 heterocycles. The van der Waals surface area contributed by atoms with Crippen molar-refractivity contribution < 1.29 is 19.4 Å². The van der Waals surface area contributed by atoms with Gasteiger partial charge < -0.3 is 15.5 Å². The van der Waals surface area contributed by atoms with Crippen LogP contribution in [0, 0.1) is 24.6 Å². The zero-order valence-corrected chi connectivity index (χ0v) is 19.4. The highest BCUT2D eigenvalue weighted by molar-refractivity contribution is 9.10. The molecule has 1 amide bonds. The molecule has 3 aromatic rings. The average Bonchev–Trinajstić information content (AvgIpc) is 2.72. The van der Waals surface area contributed by atoms with Gasteiger partial charge in [-0.25, -0.2) is 9.37 Å². The summed E-state index contributed by atoms with van der Waals surface area (Å²) in [7, 11) is 0. The number of rotatable bonds is 4. The lowest BCUT2D eigenvalue weighted by Gasteiger charge is -2.21. The number of nitrogens with one attached hydrogen (secondary N) is 1. The molecule has 0 radical (unpaired) electrons. The van der Waals surface area contributed by atoms with E-state index in [0.29, 0.717) is 16.8 Å². The van der Waals surface area contributed by atoms with Crippen LogP contribution in [0.2, 0.25) is 0 Å². The van der Waals surface area contributed by atoms with E-state index in [0.717, 1.165) is 10.5 Å². The topological polar surface area (TPSA) is 82.5 Å². The maximum atomic E-state index is 14.0. The Morgan fingerprint density at radius 3 is 2.50 bits per heavy atom. The first-order valence-electron chi connectivity index (χ1n) is 9.81. The van der Waals surface area contributed by atoms with Crippen LogP contribution < -0.4 is 5.32 Å². The van der Waals surface area contributed by atoms with Crippen LogP contribution in [0.25, 0.3) is 0 Å². The van der Waals surface area contributed by atoms with E-state index in [9.17, 15) is 19.4 Å². The summed E-state index contributed by atoms with van der Waals surface area (Å²) in [5.41, 5.74) is 0.905. The largest absolute Gasteiger partial charge is 0.508 e. The van der Waals surface area contributed by atoms with Gasteiger partial charge in [0.1, 0.15) is 22.9 Å². The normalized spacial score (nSPS) is 11.9. The van der Waals surface area contributed by atoms with Crippen LogP contribution in [-0.4, -0.2) is 26.7 Å². The van der Waals surface area contributed by atoms with Crippen molar-refractivity contribution in [3.05, 3.63) is 93.0 Å². The standard InChI is InChI=1S/C25H22BrFN2O3/c1-15-12-16(10-11-25(2,3)32)13-21(28-15)24(31)29-23(17-4-6-18(26)7-5-17)20-14-19(27)8-9-22(20)30/h4-9,12-14,23,30,32H,1-3H3,(H,29,31). The van der Waals surface area contributed by atoms with Crippen molar-refractivity contribution in [2.45, 2.75) is 32.4 Å². The first kappa shape index (κ1) is 23.5. The van der Waals surface area contributed by atoms with Gasteiger partial charge in [0.05, 0.1) is 6.04 Å². The highest BCUT2D eigenvalue weighted by atomic mass is 79.9. The SMILES string of the molecule is Cc1cc(C#CC(C)(C)O)cc(C(=O)NC(c2ccc(Br)cc2)c2cc(F)ccc2O)n1. The molecule has 1 unspecified atom stereocenters. The Bertz CT molecular complexity index is 1210. The van der Waals surface area contributed by atoms with E-state index in [1.807, 2.05) is 0 Å². The van der Waals surface area contributed by atoms with Gasteiger partial charge in [0, 0.05) is 21.3 Å². The molecule has 3 rings (SSSR count). The summed E-state index contributed by atoms with van der Waals surface area (Å²) >= 11 is 3.37. The maximum Gasteiger partial charge on any atom is 0.270 e. The van der Waals surface area contributed by atoms with E-state index in [-0.39, 0.29) is 17.0 Å². The first-order chi connectivity index (χ1) is 15.0. The summed E-state index contributed by atoms with van der Waals surface area (Å²) in [4.78, 5) is 17.4. The number of hydrogen-bond acceptors (Lipinski definition) is 4. The lowest BCUT2D eigenvalue weighted by atomic mass is 9.97. The van der Waals surface area contributed by atoms with Crippen molar-refractivity contribution in [3.8, 4) is 17.6 Å². The summed E-state index contributed by atoms with van der Waals surface area (Å²) in [6, 6.07) is 13.1. The number of amides is 1. The van der Waals surface area contributed by atoms with Crippen molar-refractivity contribution >= 4 is 21.8 Å². The van der Waals surface area contributed by atoms with Crippen LogP contribution in [0.3, 0.4) is 0 Å². The predicted molar refractivity (Wildman–Crippen MR) is 124 cm³/mol. The molecule has 7 heteroatoms. The Morgan fingerprint density at radius 2 is 1.84 bits per heavy atom. The number of benzene rings is 2. The van der Waals surface area contributed by atoms with E-state index >= 15 is 0 Å².